The van der Waals surface area contributed by atoms with E-state index in [4.69, 9.17) is 5.73 Å². The van der Waals surface area contributed by atoms with Gasteiger partial charge in [-0.25, -0.2) is 0 Å². The molecule has 3 nitrogen and oxygen atoms in total. The van der Waals surface area contributed by atoms with Crippen LogP contribution in [-0.4, -0.2) is 17.0 Å². The lowest BCUT2D eigenvalue weighted by Crippen LogP contribution is -2.15. The van der Waals surface area contributed by atoms with Crippen LogP contribution in [0.25, 0.3) is 10.9 Å². The van der Waals surface area contributed by atoms with E-state index in [-0.39, 0.29) is 5.91 Å². The van der Waals surface area contributed by atoms with Crippen LogP contribution in [0, 0.1) is 0 Å². The van der Waals surface area contributed by atoms with Crippen LogP contribution in [0.15, 0.2) is 54.6 Å². The number of benzene rings is 2. The van der Waals surface area contributed by atoms with Crippen LogP contribution < -0.4 is 5.73 Å². The van der Waals surface area contributed by atoms with Crippen molar-refractivity contribution in [3.05, 3.63) is 71.4 Å². The molecule has 0 bridgehead atoms. The van der Waals surface area contributed by atoms with Gasteiger partial charge in [-0.05, 0) is 36.6 Å². The number of hydrogen-bond donors (Lipinski definition) is 1. The molecule has 1 heterocycles. The number of nitrogens with zero attached hydrogens (tertiary/aromatic N) is 1. The summed E-state index contributed by atoms with van der Waals surface area (Å²) in [5.41, 5.74) is 10.4. The normalized spacial score (nSPS) is 11.1. The minimum absolute atomic E-state index is 0.187. The Morgan fingerprint density at radius 2 is 1.76 bits per heavy atom. The van der Waals surface area contributed by atoms with Crippen molar-refractivity contribution < 1.29 is 4.79 Å². The highest BCUT2D eigenvalue weighted by Gasteiger charge is 2.20. The van der Waals surface area contributed by atoms with Crippen molar-refractivity contribution in [1.29, 1.82) is 0 Å². The van der Waals surface area contributed by atoms with Gasteiger partial charge >= 0.3 is 0 Å². The molecule has 0 atom stereocenters. The van der Waals surface area contributed by atoms with Crippen LogP contribution in [0.1, 0.15) is 47.8 Å². The summed E-state index contributed by atoms with van der Waals surface area (Å²) < 4.78 is 1.95. The van der Waals surface area contributed by atoms with Gasteiger partial charge in [0.25, 0.3) is 0 Å². The average molecular weight is 334 g/mol. The van der Waals surface area contributed by atoms with Gasteiger partial charge in [0.15, 0.2) is 0 Å². The van der Waals surface area contributed by atoms with E-state index in [0.717, 1.165) is 42.3 Å². The van der Waals surface area contributed by atoms with Crippen LogP contribution in [0.2, 0.25) is 0 Å². The molecule has 0 fully saturated rings. The predicted octanol–water partition coefficient (Wildman–Crippen LogP) is 4.56. The molecule has 0 saturated heterocycles. The van der Waals surface area contributed by atoms with Crippen LogP contribution in [-0.2, 0) is 12.8 Å². The molecule has 0 saturated carbocycles. The fourth-order valence-corrected chi connectivity index (χ4v) is 3.48. The fourth-order valence-electron chi connectivity index (χ4n) is 3.48. The third kappa shape index (κ3) is 3.67. The van der Waals surface area contributed by atoms with Crippen molar-refractivity contribution in [3.8, 4) is 0 Å². The summed E-state index contributed by atoms with van der Waals surface area (Å²) in [7, 11) is 0. The second-order valence-corrected chi connectivity index (χ2v) is 6.48. The van der Waals surface area contributed by atoms with Crippen molar-refractivity contribution in [1.82, 2.24) is 4.57 Å². The number of carbonyl (C=O) groups excluding carboxylic acids is 1. The van der Waals surface area contributed by atoms with E-state index in [1.807, 2.05) is 41.0 Å². The first kappa shape index (κ1) is 17.4. The van der Waals surface area contributed by atoms with E-state index in [2.05, 4.69) is 25.1 Å². The van der Waals surface area contributed by atoms with Crippen molar-refractivity contribution in [3.63, 3.8) is 0 Å². The molecule has 3 aromatic rings. The van der Waals surface area contributed by atoms with Gasteiger partial charge in [-0.1, -0.05) is 61.9 Å². The van der Waals surface area contributed by atoms with E-state index in [1.165, 1.54) is 11.1 Å². The Balaban J connectivity index is 2.16. The van der Waals surface area contributed by atoms with Crippen molar-refractivity contribution in [2.45, 2.75) is 39.0 Å². The Morgan fingerprint density at radius 3 is 2.48 bits per heavy atom. The van der Waals surface area contributed by atoms with Gasteiger partial charge in [-0.3, -0.25) is 9.36 Å². The topological polar surface area (TPSA) is 48.0 Å². The Bertz CT molecular complexity index is 849. The molecule has 130 valence electrons. The average Bonchev–Trinajstić information content (AvgIpc) is 2.94. The van der Waals surface area contributed by atoms with Gasteiger partial charge in [0, 0.05) is 23.9 Å². The van der Waals surface area contributed by atoms with Gasteiger partial charge in [-0.15, -0.1) is 0 Å². The van der Waals surface area contributed by atoms with Crippen molar-refractivity contribution in [2.24, 2.45) is 5.73 Å². The first-order chi connectivity index (χ1) is 12.3. The molecule has 0 spiro atoms. The lowest BCUT2D eigenvalue weighted by atomic mass is 10.0. The maximum atomic E-state index is 13.0. The number of rotatable bonds is 7. The Labute approximate surface area is 149 Å². The van der Waals surface area contributed by atoms with E-state index in [1.54, 1.807) is 0 Å². The summed E-state index contributed by atoms with van der Waals surface area (Å²) in [6, 6.07) is 18.5. The van der Waals surface area contributed by atoms with Gasteiger partial charge < -0.3 is 5.73 Å². The van der Waals surface area contributed by atoms with E-state index < -0.39 is 0 Å². The first-order valence-electron chi connectivity index (χ1n) is 9.14. The molecule has 3 heteroatoms. The predicted molar refractivity (Wildman–Crippen MR) is 104 cm³/mol. The highest BCUT2D eigenvalue weighted by atomic mass is 16.2. The molecule has 0 radical (unpaired) electrons. The number of unbranched alkanes of at least 4 members (excludes halogenated alkanes) is 1. The fraction of sp³-hybridized carbons (Fsp3) is 0.318. The summed E-state index contributed by atoms with van der Waals surface area (Å²) in [6.07, 6.45) is 4.06. The maximum Gasteiger partial charge on any atom is 0.231 e. The van der Waals surface area contributed by atoms with E-state index >= 15 is 0 Å². The Kier molecular flexibility index (Phi) is 5.67. The van der Waals surface area contributed by atoms with Gasteiger partial charge in [0.2, 0.25) is 5.91 Å². The zero-order valence-corrected chi connectivity index (χ0v) is 14.9. The van der Waals surface area contributed by atoms with Gasteiger partial charge in [0.05, 0.1) is 5.52 Å². The second-order valence-electron chi connectivity index (χ2n) is 6.48. The number of fused-ring (bicyclic) bond motifs is 1. The second kappa shape index (κ2) is 8.13. The lowest BCUT2D eigenvalue weighted by molar-refractivity contribution is 0.0902. The van der Waals surface area contributed by atoms with Gasteiger partial charge in [-0.2, -0.15) is 0 Å². The molecule has 0 amide bonds. The van der Waals surface area contributed by atoms with E-state index in [9.17, 15) is 4.79 Å². The minimum atomic E-state index is 0.187. The highest BCUT2D eigenvalue weighted by molar-refractivity contribution is 5.96. The highest BCUT2D eigenvalue weighted by Crippen LogP contribution is 2.29. The standard InChI is InChI=1S/C22H26N2O/c1-2-3-13-22(25)24-20-12-8-7-11-18(20)19(14-15-23)21(24)16-17-9-5-4-6-10-17/h4-12H,2-3,13-16,23H2,1H3. The number of para-hydroxylation sites is 1. The third-order valence-electron chi connectivity index (χ3n) is 4.69. The van der Waals surface area contributed by atoms with Crippen LogP contribution in [0.3, 0.4) is 0 Å². The first-order valence-corrected chi connectivity index (χ1v) is 9.14. The summed E-state index contributed by atoms with van der Waals surface area (Å²) in [4.78, 5) is 13.0. The van der Waals surface area contributed by atoms with Crippen LogP contribution in [0.5, 0.6) is 0 Å². The van der Waals surface area contributed by atoms with Gasteiger partial charge in [0.1, 0.15) is 0 Å². The molecule has 25 heavy (non-hydrogen) atoms. The molecule has 0 aliphatic carbocycles. The summed E-state index contributed by atoms with van der Waals surface area (Å²) in [5, 5.41) is 1.16. The summed E-state index contributed by atoms with van der Waals surface area (Å²) in [5.74, 6) is 0.187. The molecule has 1 aromatic heterocycles. The molecular weight excluding hydrogens is 308 g/mol. The number of nitrogens with two attached hydrogens (primary N) is 1. The zero-order chi connectivity index (χ0) is 17.6. The Hall–Kier alpha value is -2.39. The lowest BCUT2D eigenvalue weighted by Gasteiger charge is -2.11. The smallest absolute Gasteiger partial charge is 0.231 e. The third-order valence-corrected chi connectivity index (χ3v) is 4.69. The molecule has 2 aromatic carbocycles. The number of carbonyl (C=O) groups is 1. The quantitative estimate of drug-likeness (QED) is 0.688. The summed E-state index contributed by atoms with van der Waals surface area (Å²) in [6.45, 7) is 2.70. The van der Waals surface area contributed by atoms with Crippen molar-refractivity contribution in [2.75, 3.05) is 6.54 Å². The monoisotopic (exact) mass is 334 g/mol. The van der Waals surface area contributed by atoms with Crippen LogP contribution in [0.4, 0.5) is 0 Å². The zero-order valence-electron chi connectivity index (χ0n) is 14.9. The maximum absolute atomic E-state index is 13.0. The number of hydrogen-bond acceptors (Lipinski definition) is 2. The van der Waals surface area contributed by atoms with Crippen molar-refractivity contribution >= 4 is 16.8 Å². The molecule has 0 unspecified atom stereocenters. The Morgan fingerprint density at radius 1 is 1.04 bits per heavy atom. The largest absolute Gasteiger partial charge is 0.330 e. The van der Waals surface area contributed by atoms with E-state index in [0.29, 0.717) is 13.0 Å². The summed E-state index contributed by atoms with van der Waals surface area (Å²) >= 11 is 0. The SMILES string of the molecule is CCCCC(=O)n1c(Cc2ccccc2)c(CCN)c2ccccc21. The number of aromatic nitrogens is 1. The molecule has 2 N–H and O–H groups in total. The molecular formula is C22H26N2O. The minimum Gasteiger partial charge on any atom is -0.330 e. The molecule has 0 aliphatic rings. The molecule has 0 aliphatic heterocycles. The molecule has 3 rings (SSSR count). The van der Waals surface area contributed by atoms with Crippen LogP contribution >= 0.6 is 0 Å².